The van der Waals surface area contributed by atoms with E-state index in [0.717, 1.165) is 11.3 Å². The number of hydrogen-bond donors (Lipinski definition) is 1. The lowest BCUT2D eigenvalue weighted by Gasteiger charge is -2.19. The number of nitrogens with two attached hydrogens (primary N) is 1. The number of carbonyl (C=O) groups excluding carboxylic acids is 1. The number of rotatable bonds is 2. The van der Waals surface area contributed by atoms with Gasteiger partial charge in [-0.1, -0.05) is 18.2 Å². The molecule has 5 nitrogen and oxygen atoms in total. The van der Waals surface area contributed by atoms with Gasteiger partial charge in [-0.3, -0.25) is 9.48 Å². The van der Waals surface area contributed by atoms with Gasteiger partial charge in [-0.15, -0.1) is 0 Å². The normalized spacial score (nSPS) is 10.4. The molecule has 0 aliphatic rings. The smallest absolute Gasteiger partial charge is 0.278 e. The molecule has 0 aliphatic carbocycles. The van der Waals surface area contributed by atoms with Crippen LogP contribution in [0.3, 0.4) is 0 Å². The van der Waals surface area contributed by atoms with Crippen LogP contribution in [-0.4, -0.2) is 22.7 Å². The molecule has 0 bridgehead atoms. The maximum absolute atomic E-state index is 12.4. The van der Waals surface area contributed by atoms with Crippen molar-refractivity contribution in [2.24, 2.45) is 7.05 Å². The minimum atomic E-state index is -0.165. The third-order valence-corrected chi connectivity index (χ3v) is 2.95. The number of anilines is 2. The molecule has 0 fully saturated rings. The number of para-hydroxylation sites is 1. The Labute approximate surface area is 106 Å². The summed E-state index contributed by atoms with van der Waals surface area (Å²) in [5.41, 5.74) is 8.46. The first kappa shape index (κ1) is 12.2. The summed E-state index contributed by atoms with van der Waals surface area (Å²) in [4.78, 5) is 14.0. The lowest BCUT2D eigenvalue weighted by molar-refractivity contribution is 0.0985. The van der Waals surface area contributed by atoms with Crippen LogP contribution in [0.25, 0.3) is 0 Å². The Bertz CT molecular complexity index is 569. The second kappa shape index (κ2) is 4.52. The maximum Gasteiger partial charge on any atom is 0.278 e. The fraction of sp³-hybridized carbons (Fsp3) is 0.231. The SMILES string of the molecule is Cc1ccccc1N(C)C(=O)c1c(N)cnn1C. The Morgan fingerprint density at radius 2 is 2.06 bits per heavy atom. The number of benzene rings is 1. The molecular weight excluding hydrogens is 228 g/mol. The van der Waals surface area contributed by atoms with Crippen molar-refractivity contribution >= 4 is 17.3 Å². The second-order valence-corrected chi connectivity index (χ2v) is 4.22. The van der Waals surface area contributed by atoms with E-state index < -0.39 is 0 Å². The molecule has 1 aromatic carbocycles. The monoisotopic (exact) mass is 244 g/mol. The fourth-order valence-corrected chi connectivity index (χ4v) is 1.92. The van der Waals surface area contributed by atoms with Gasteiger partial charge >= 0.3 is 0 Å². The van der Waals surface area contributed by atoms with E-state index in [1.165, 1.54) is 10.9 Å². The Balaban J connectivity index is 2.39. The zero-order chi connectivity index (χ0) is 13.3. The lowest BCUT2D eigenvalue weighted by Crippen LogP contribution is -2.29. The van der Waals surface area contributed by atoms with Gasteiger partial charge in [0.25, 0.3) is 5.91 Å². The quantitative estimate of drug-likeness (QED) is 0.872. The number of aromatic nitrogens is 2. The summed E-state index contributed by atoms with van der Waals surface area (Å²) in [5.74, 6) is -0.165. The molecule has 1 heterocycles. The molecule has 2 aromatic rings. The van der Waals surface area contributed by atoms with Crippen LogP contribution >= 0.6 is 0 Å². The van der Waals surface area contributed by atoms with E-state index in [-0.39, 0.29) is 5.91 Å². The molecule has 2 N–H and O–H groups in total. The zero-order valence-electron chi connectivity index (χ0n) is 10.7. The Morgan fingerprint density at radius 1 is 1.39 bits per heavy atom. The lowest BCUT2D eigenvalue weighted by atomic mass is 10.2. The van der Waals surface area contributed by atoms with Crippen LogP contribution in [0, 0.1) is 6.92 Å². The molecule has 0 saturated carbocycles. The van der Waals surface area contributed by atoms with Crippen molar-refractivity contribution in [3.63, 3.8) is 0 Å². The molecule has 2 rings (SSSR count). The molecule has 18 heavy (non-hydrogen) atoms. The summed E-state index contributed by atoms with van der Waals surface area (Å²) in [7, 11) is 3.44. The van der Waals surface area contributed by atoms with Gasteiger partial charge in [-0.25, -0.2) is 0 Å². The minimum Gasteiger partial charge on any atom is -0.396 e. The average Bonchev–Trinajstić information content (AvgIpc) is 2.68. The highest BCUT2D eigenvalue weighted by atomic mass is 16.2. The summed E-state index contributed by atoms with van der Waals surface area (Å²) in [6.07, 6.45) is 1.49. The van der Waals surface area contributed by atoms with Gasteiger partial charge in [0.15, 0.2) is 0 Å². The predicted octanol–water partition coefficient (Wildman–Crippen LogP) is 1.59. The number of hydrogen-bond acceptors (Lipinski definition) is 3. The van der Waals surface area contributed by atoms with E-state index in [0.29, 0.717) is 11.4 Å². The van der Waals surface area contributed by atoms with Crippen LogP contribution in [0.4, 0.5) is 11.4 Å². The summed E-state index contributed by atoms with van der Waals surface area (Å²) in [6, 6.07) is 7.71. The molecular formula is C13H16N4O. The zero-order valence-corrected chi connectivity index (χ0v) is 10.7. The van der Waals surface area contributed by atoms with Crippen LogP contribution in [-0.2, 0) is 7.05 Å². The number of nitrogens with zero attached hydrogens (tertiary/aromatic N) is 3. The van der Waals surface area contributed by atoms with Crippen molar-refractivity contribution < 1.29 is 4.79 Å². The van der Waals surface area contributed by atoms with Crippen LogP contribution in [0.2, 0.25) is 0 Å². The van der Waals surface area contributed by atoms with E-state index in [1.807, 2.05) is 31.2 Å². The van der Waals surface area contributed by atoms with Crippen molar-refractivity contribution in [1.29, 1.82) is 0 Å². The summed E-state index contributed by atoms with van der Waals surface area (Å²) in [6.45, 7) is 1.96. The first-order valence-electron chi connectivity index (χ1n) is 5.63. The van der Waals surface area contributed by atoms with E-state index in [1.54, 1.807) is 19.0 Å². The number of amides is 1. The molecule has 0 unspecified atom stereocenters. The van der Waals surface area contributed by atoms with Crippen molar-refractivity contribution in [2.45, 2.75) is 6.92 Å². The van der Waals surface area contributed by atoms with Crippen molar-refractivity contribution in [1.82, 2.24) is 9.78 Å². The van der Waals surface area contributed by atoms with E-state index in [2.05, 4.69) is 5.10 Å². The molecule has 1 amide bonds. The largest absolute Gasteiger partial charge is 0.396 e. The number of nitrogen functional groups attached to an aromatic ring is 1. The van der Waals surface area contributed by atoms with Crippen LogP contribution in [0.5, 0.6) is 0 Å². The maximum atomic E-state index is 12.4. The Kier molecular flexibility index (Phi) is 3.06. The van der Waals surface area contributed by atoms with E-state index >= 15 is 0 Å². The van der Waals surface area contributed by atoms with Crippen molar-refractivity contribution in [3.05, 3.63) is 41.7 Å². The second-order valence-electron chi connectivity index (χ2n) is 4.22. The summed E-state index contributed by atoms with van der Waals surface area (Å²) < 4.78 is 1.49. The molecule has 0 saturated heterocycles. The fourth-order valence-electron chi connectivity index (χ4n) is 1.92. The third-order valence-electron chi connectivity index (χ3n) is 2.95. The summed E-state index contributed by atoms with van der Waals surface area (Å²) in [5, 5.41) is 3.98. The van der Waals surface area contributed by atoms with E-state index in [9.17, 15) is 4.79 Å². The number of carbonyl (C=O) groups is 1. The predicted molar refractivity (Wildman–Crippen MR) is 71.5 cm³/mol. The Hall–Kier alpha value is -2.30. The van der Waals surface area contributed by atoms with Gasteiger partial charge in [-0.2, -0.15) is 5.10 Å². The topological polar surface area (TPSA) is 64.2 Å². The molecule has 94 valence electrons. The van der Waals surface area contributed by atoms with Gasteiger partial charge < -0.3 is 10.6 Å². The van der Waals surface area contributed by atoms with Crippen LogP contribution in [0.15, 0.2) is 30.5 Å². The summed E-state index contributed by atoms with van der Waals surface area (Å²) >= 11 is 0. The van der Waals surface area contributed by atoms with Gasteiger partial charge in [-0.05, 0) is 18.6 Å². The van der Waals surface area contributed by atoms with Crippen molar-refractivity contribution in [2.75, 3.05) is 17.7 Å². The Morgan fingerprint density at radius 3 is 2.61 bits per heavy atom. The third kappa shape index (κ3) is 1.95. The van der Waals surface area contributed by atoms with E-state index in [4.69, 9.17) is 5.73 Å². The minimum absolute atomic E-state index is 0.165. The van der Waals surface area contributed by atoms with Crippen molar-refractivity contribution in [3.8, 4) is 0 Å². The molecule has 0 aliphatic heterocycles. The molecule has 5 heteroatoms. The van der Waals surface area contributed by atoms with Gasteiger partial charge in [0.2, 0.25) is 0 Å². The first-order chi connectivity index (χ1) is 8.52. The highest BCUT2D eigenvalue weighted by Gasteiger charge is 2.20. The number of aryl methyl sites for hydroxylation is 2. The van der Waals surface area contributed by atoms with Crippen LogP contribution < -0.4 is 10.6 Å². The average molecular weight is 244 g/mol. The van der Waals surface area contributed by atoms with Gasteiger partial charge in [0.1, 0.15) is 5.69 Å². The highest BCUT2D eigenvalue weighted by molar-refractivity contribution is 6.08. The standard InChI is InChI=1S/C13H16N4O/c1-9-6-4-5-7-11(9)16(2)13(18)12-10(14)8-15-17(12)3/h4-8H,14H2,1-3H3. The highest BCUT2D eigenvalue weighted by Crippen LogP contribution is 2.21. The van der Waals surface area contributed by atoms with Gasteiger partial charge in [0, 0.05) is 19.8 Å². The molecule has 1 aromatic heterocycles. The molecule has 0 atom stereocenters. The molecule has 0 spiro atoms. The van der Waals surface area contributed by atoms with Gasteiger partial charge in [0.05, 0.1) is 11.9 Å². The first-order valence-corrected chi connectivity index (χ1v) is 5.63. The molecule has 0 radical (unpaired) electrons. The van der Waals surface area contributed by atoms with Crippen LogP contribution in [0.1, 0.15) is 16.1 Å².